The third kappa shape index (κ3) is 10.7. The van der Waals surface area contributed by atoms with Crippen LogP contribution < -0.4 is 5.32 Å². The lowest BCUT2D eigenvalue weighted by Gasteiger charge is -2.08. The minimum atomic E-state index is -0.127. The predicted molar refractivity (Wildman–Crippen MR) is 86.2 cm³/mol. The van der Waals surface area contributed by atoms with Crippen LogP contribution in [0.3, 0.4) is 0 Å². The molecule has 0 unspecified atom stereocenters. The van der Waals surface area contributed by atoms with Crippen LogP contribution in [0.5, 0.6) is 0 Å². The number of nitrogens with one attached hydrogen (secondary N) is 1. The van der Waals surface area contributed by atoms with Gasteiger partial charge >= 0.3 is 0 Å². The zero-order chi connectivity index (χ0) is 16.9. The number of Topliss-reactive ketones (excluding diaryl/α,β-unsaturated/α-hetero) is 1. The van der Waals surface area contributed by atoms with Gasteiger partial charge in [-0.2, -0.15) is 0 Å². The van der Waals surface area contributed by atoms with E-state index in [0.717, 1.165) is 5.76 Å². The summed E-state index contributed by atoms with van der Waals surface area (Å²) in [4.78, 5) is 23.3. The van der Waals surface area contributed by atoms with Gasteiger partial charge in [-0.05, 0) is 26.0 Å². The molecular formula is C17H27NO5. The first-order valence-electron chi connectivity index (χ1n) is 8.08. The molecule has 1 aromatic rings. The molecular weight excluding hydrogens is 298 g/mol. The number of carbonyl (C=O) groups excluding carboxylic acids is 2. The van der Waals surface area contributed by atoms with Gasteiger partial charge in [0, 0.05) is 32.2 Å². The molecule has 1 amide bonds. The summed E-state index contributed by atoms with van der Waals surface area (Å²) in [5, 5.41) is 2.73. The second-order valence-corrected chi connectivity index (χ2v) is 5.50. The smallest absolute Gasteiger partial charge is 0.220 e. The second-order valence-electron chi connectivity index (χ2n) is 5.50. The summed E-state index contributed by atoms with van der Waals surface area (Å²) < 4.78 is 15.8. The van der Waals surface area contributed by atoms with E-state index in [-0.39, 0.29) is 30.6 Å². The number of ether oxygens (including phenoxy) is 2. The minimum absolute atomic E-state index is 0.0682. The van der Waals surface area contributed by atoms with Gasteiger partial charge in [0.15, 0.2) is 0 Å². The van der Waals surface area contributed by atoms with Crippen LogP contribution in [-0.4, -0.2) is 44.2 Å². The highest BCUT2D eigenvalue weighted by atomic mass is 16.5. The number of amides is 1. The van der Waals surface area contributed by atoms with E-state index in [1.165, 1.54) is 0 Å². The molecule has 1 aromatic heterocycles. The van der Waals surface area contributed by atoms with Crippen molar-refractivity contribution in [3.05, 3.63) is 24.2 Å². The van der Waals surface area contributed by atoms with Crippen molar-refractivity contribution in [3.8, 4) is 0 Å². The standard InChI is InChI=1S/C17H27NO5/c1-14(2)22-13-12-21-11-9-18-17(20)8-6-15(19)5-7-16-4-3-10-23-16/h3-4,10,14H,5-9,11-13H2,1-2H3,(H,18,20). The number of hydrogen-bond acceptors (Lipinski definition) is 5. The molecule has 0 aliphatic rings. The van der Waals surface area contributed by atoms with Crippen LogP contribution in [-0.2, 0) is 25.5 Å². The maximum atomic E-state index is 11.7. The fourth-order valence-electron chi connectivity index (χ4n) is 1.89. The molecule has 0 atom stereocenters. The normalized spacial score (nSPS) is 10.9. The van der Waals surface area contributed by atoms with Crippen LogP contribution in [0.2, 0.25) is 0 Å². The molecule has 0 spiro atoms. The van der Waals surface area contributed by atoms with Gasteiger partial charge in [-0.3, -0.25) is 9.59 Å². The Morgan fingerprint density at radius 1 is 1.17 bits per heavy atom. The Bertz CT molecular complexity index is 442. The first kappa shape index (κ1) is 19.4. The number of ketones is 1. The van der Waals surface area contributed by atoms with E-state index in [9.17, 15) is 9.59 Å². The van der Waals surface area contributed by atoms with Crippen molar-refractivity contribution >= 4 is 11.7 Å². The van der Waals surface area contributed by atoms with Gasteiger partial charge in [0.05, 0.1) is 32.2 Å². The SMILES string of the molecule is CC(C)OCCOCCNC(=O)CCC(=O)CCc1ccco1. The van der Waals surface area contributed by atoms with Crippen molar-refractivity contribution in [1.29, 1.82) is 0 Å². The molecule has 0 saturated heterocycles. The van der Waals surface area contributed by atoms with E-state index in [4.69, 9.17) is 13.9 Å². The van der Waals surface area contributed by atoms with Crippen molar-refractivity contribution in [2.24, 2.45) is 0 Å². The summed E-state index contributed by atoms with van der Waals surface area (Å²) >= 11 is 0. The first-order chi connectivity index (χ1) is 11.1. The molecule has 0 aliphatic heterocycles. The molecule has 1 heterocycles. The minimum Gasteiger partial charge on any atom is -0.469 e. The average molecular weight is 325 g/mol. The fraction of sp³-hybridized carbons (Fsp3) is 0.647. The Hall–Kier alpha value is -1.66. The third-order valence-corrected chi connectivity index (χ3v) is 3.11. The van der Waals surface area contributed by atoms with Crippen LogP contribution in [0, 0.1) is 0 Å². The Morgan fingerprint density at radius 2 is 2.00 bits per heavy atom. The highest BCUT2D eigenvalue weighted by Gasteiger charge is 2.08. The van der Waals surface area contributed by atoms with E-state index in [0.29, 0.717) is 39.2 Å². The highest BCUT2D eigenvalue weighted by molar-refractivity contribution is 5.84. The predicted octanol–water partition coefficient (Wildman–Crippen LogP) is 2.12. The summed E-state index contributed by atoms with van der Waals surface area (Å²) in [5.41, 5.74) is 0. The molecule has 0 bridgehead atoms. The maximum Gasteiger partial charge on any atom is 0.220 e. The molecule has 23 heavy (non-hydrogen) atoms. The Labute approximate surface area is 137 Å². The van der Waals surface area contributed by atoms with Gasteiger partial charge < -0.3 is 19.2 Å². The lowest BCUT2D eigenvalue weighted by Crippen LogP contribution is -2.28. The van der Waals surface area contributed by atoms with Crippen LogP contribution in [0.4, 0.5) is 0 Å². The van der Waals surface area contributed by atoms with Crippen molar-refractivity contribution in [2.75, 3.05) is 26.4 Å². The van der Waals surface area contributed by atoms with Gasteiger partial charge in [-0.1, -0.05) is 0 Å². The monoisotopic (exact) mass is 325 g/mol. The number of rotatable bonds is 13. The van der Waals surface area contributed by atoms with Crippen LogP contribution in [0.25, 0.3) is 0 Å². The average Bonchev–Trinajstić information content (AvgIpc) is 3.03. The first-order valence-corrected chi connectivity index (χ1v) is 8.08. The van der Waals surface area contributed by atoms with E-state index in [1.54, 1.807) is 12.3 Å². The Balaban J connectivity index is 1.94. The highest BCUT2D eigenvalue weighted by Crippen LogP contribution is 2.06. The topological polar surface area (TPSA) is 77.8 Å². The van der Waals surface area contributed by atoms with Gasteiger partial charge in [0.25, 0.3) is 0 Å². The molecule has 6 nitrogen and oxygen atoms in total. The number of hydrogen-bond donors (Lipinski definition) is 1. The molecule has 0 saturated carbocycles. The van der Waals surface area contributed by atoms with E-state index in [2.05, 4.69) is 5.32 Å². The van der Waals surface area contributed by atoms with E-state index >= 15 is 0 Å². The van der Waals surface area contributed by atoms with Crippen LogP contribution in [0.1, 0.15) is 38.9 Å². The zero-order valence-corrected chi connectivity index (χ0v) is 14.0. The maximum absolute atomic E-state index is 11.7. The molecule has 0 fully saturated rings. The number of furan rings is 1. The largest absolute Gasteiger partial charge is 0.469 e. The molecule has 6 heteroatoms. The van der Waals surface area contributed by atoms with Gasteiger partial charge in [-0.25, -0.2) is 0 Å². The van der Waals surface area contributed by atoms with Crippen molar-refractivity contribution in [1.82, 2.24) is 5.32 Å². The molecule has 130 valence electrons. The molecule has 0 aliphatic carbocycles. The number of carbonyl (C=O) groups is 2. The molecule has 0 radical (unpaired) electrons. The fourth-order valence-corrected chi connectivity index (χ4v) is 1.89. The summed E-state index contributed by atoms with van der Waals surface area (Å²) in [5.74, 6) is 0.735. The van der Waals surface area contributed by atoms with E-state index < -0.39 is 0 Å². The lowest BCUT2D eigenvalue weighted by atomic mass is 10.1. The van der Waals surface area contributed by atoms with Crippen LogP contribution >= 0.6 is 0 Å². The van der Waals surface area contributed by atoms with E-state index in [1.807, 2.05) is 19.9 Å². The van der Waals surface area contributed by atoms with Gasteiger partial charge in [-0.15, -0.1) is 0 Å². The third-order valence-electron chi connectivity index (χ3n) is 3.11. The van der Waals surface area contributed by atoms with Crippen molar-refractivity contribution < 1.29 is 23.5 Å². The lowest BCUT2D eigenvalue weighted by molar-refractivity contribution is -0.125. The van der Waals surface area contributed by atoms with Crippen molar-refractivity contribution in [2.45, 2.75) is 45.6 Å². The second kappa shape index (κ2) is 11.8. The van der Waals surface area contributed by atoms with Crippen LogP contribution in [0.15, 0.2) is 22.8 Å². The quantitative estimate of drug-likeness (QED) is 0.562. The van der Waals surface area contributed by atoms with Gasteiger partial charge in [0.2, 0.25) is 5.91 Å². The summed E-state index contributed by atoms with van der Waals surface area (Å²) in [6, 6.07) is 3.64. The number of aryl methyl sites for hydroxylation is 1. The summed E-state index contributed by atoms with van der Waals surface area (Å²) in [6.07, 6.45) is 3.25. The summed E-state index contributed by atoms with van der Waals surface area (Å²) in [7, 11) is 0. The van der Waals surface area contributed by atoms with Crippen molar-refractivity contribution in [3.63, 3.8) is 0 Å². The molecule has 1 rings (SSSR count). The molecule has 0 aromatic carbocycles. The Kier molecular flexibility index (Phi) is 9.99. The van der Waals surface area contributed by atoms with Gasteiger partial charge in [0.1, 0.15) is 11.5 Å². The summed E-state index contributed by atoms with van der Waals surface area (Å²) in [6.45, 7) is 5.89. The zero-order valence-electron chi connectivity index (χ0n) is 14.0. The molecule has 1 N–H and O–H groups in total. The Morgan fingerprint density at radius 3 is 2.70 bits per heavy atom.